The van der Waals surface area contributed by atoms with Crippen LogP contribution in [0.2, 0.25) is 0 Å². The van der Waals surface area contributed by atoms with Gasteiger partial charge in [-0.2, -0.15) is 0 Å². The van der Waals surface area contributed by atoms with Crippen molar-refractivity contribution >= 4 is 5.91 Å². The lowest BCUT2D eigenvalue weighted by molar-refractivity contribution is -0.138. The van der Waals surface area contributed by atoms with Gasteiger partial charge in [-0.1, -0.05) is 12.8 Å². The largest absolute Gasteiger partial charge is 0.339 e. The molecule has 3 nitrogen and oxygen atoms in total. The van der Waals surface area contributed by atoms with Crippen LogP contribution in [0, 0.1) is 11.8 Å². The molecule has 2 aliphatic carbocycles. The molecule has 0 bridgehead atoms. The molecule has 0 aromatic carbocycles. The van der Waals surface area contributed by atoms with Gasteiger partial charge in [-0.15, -0.1) is 0 Å². The van der Waals surface area contributed by atoms with Crippen LogP contribution in [0.25, 0.3) is 0 Å². The highest BCUT2D eigenvalue weighted by Crippen LogP contribution is 2.37. The topological polar surface area (TPSA) is 46.3 Å². The molecule has 2 N–H and O–H groups in total. The standard InChI is InChI=1S/C16H28N2O/c17-14-9-7-13(8-10-14)16(19)18-11-3-6-15(18)12-4-1-2-5-12/h12-15H,1-11,17H2. The molecule has 3 heteroatoms. The molecule has 1 heterocycles. The highest BCUT2D eigenvalue weighted by molar-refractivity contribution is 5.79. The number of nitrogens with two attached hydrogens (primary N) is 1. The van der Waals surface area contributed by atoms with Crippen LogP contribution >= 0.6 is 0 Å². The van der Waals surface area contributed by atoms with Crippen molar-refractivity contribution in [3.05, 3.63) is 0 Å². The number of carbonyl (C=O) groups is 1. The third-order valence-corrected chi connectivity index (χ3v) is 5.65. The maximum Gasteiger partial charge on any atom is 0.225 e. The minimum atomic E-state index is 0.279. The summed E-state index contributed by atoms with van der Waals surface area (Å²) in [6.45, 7) is 1.02. The molecule has 2 saturated carbocycles. The zero-order valence-corrected chi connectivity index (χ0v) is 12.0. The molecule has 0 aromatic rings. The van der Waals surface area contributed by atoms with Crippen LogP contribution < -0.4 is 5.73 Å². The summed E-state index contributed by atoms with van der Waals surface area (Å²) in [5.41, 5.74) is 5.95. The second-order valence-corrected chi connectivity index (χ2v) is 6.90. The van der Waals surface area contributed by atoms with Gasteiger partial charge in [0.1, 0.15) is 0 Å². The quantitative estimate of drug-likeness (QED) is 0.833. The summed E-state index contributed by atoms with van der Waals surface area (Å²) < 4.78 is 0. The van der Waals surface area contributed by atoms with E-state index >= 15 is 0 Å². The Morgan fingerprint density at radius 1 is 0.895 bits per heavy atom. The number of carbonyl (C=O) groups excluding carboxylic acids is 1. The van der Waals surface area contributed by atoms with Crippen molar-refractivity contribution in [1.82, 2.24) is 4.90 Å². The molecular weight excluding hydrogens is 236 g/mol. The first-order valence-corrected chi connectivity index (χ1v) is 8.32. The summed E-state index contributed by atoms with van der Waals surface area (Å²) in [5, 5.41) is 0. The van der Waals surface area contributed by atoms with Gasteiger partial charge in [-0.3, -0.25) is 4.79 Å². The van der Waals surface area contributed by atoms with Gasteiger partial charge < -0.3 is 10.6 Å². The van der Waals surface area contributed by atoms with Crippen molar-refractivity contribution in [2.75, 3.05) is 6.54 Å². The second-order valence-electron chi connectivity index (χ2n) is 6.90. The minimum Gasteiger partial charge on any atom is -0.339 e. The van der Waals surface area contributed by atoms with Gasteiger partial charge in [0.15, 0.2) is 0 Å². The molecule has 3 fully saturated rings. The van der Waals surface area contributed by atoms with Crippen molar-refractivity contribution < 1.29 is 4.79 Å². The minimum absolute atomic E-state index is 0.279. The molecular formula is C16H28N2O. The predicted molar refractivity (Wildman–Crippen MR) is 76.6 cm³/mol. The Balaban J connectivity index is 1.61. The van der Waals surface area contributed by atoms with Crippen molar-refractivity contribution in [2.24, 2.45) is 17.6 Å². The van der Waals surface area contributed by atoms with E-state index in [2.05, 4.69) is 4.90 Å². The first-order chi connectivity index (χ1) is 9.25. The summed E-state index contributed by atoms with van der Waals surface area (Å²) in [4.78, 5) is 15.0. The molecule has 19 heavy (non-hydrogen) atoms. The zero-order chi connectivity index (χ0) is 13.2. The second kappa shape index (κ2) is 5.82. The van der Waals surface area contributed by atoms with Crippen molar-refractivity contribution in [3.8, 4) is 0 Å². The first kappa shape index (κ1) is 13.4. The van der Waals surface area contributed by atoms with Crippen LogP contribution in [0.3, 0.4) is 0 Å². The monoisotopic (exact) mass is 264 g/mol. The maximum absolute atomic E-state index is 12.8. The highest BCUT2D eigenvalue weighted by Gasteiger charge is 2.38. The lowest BCUT2D eigenvalue weighted by Crippen LogP contribution is -2.44. The van der Waals surface area contributed by atoms with E-state index in [1.165, 1.54) is 38.5 Å². The number of hydrogen-bond donors (Lipinski definition) is 1. The van der Waals surface area contributed by atoms with Crippen LogP contribution in [0.4, 0.5) is 0 Å². The molecule has 1 atom stereocenters. The molecule has 1 aliphatic heterocycles. The van der Waals surface area contributed by atoms with Gasteiger partial charge in [0.25, 0.3) is 0 Å². The fraction of sp³-hybridized carbons (Fsp3) is 0.938. The molecule has 0 aromatic heterocycles. The molecule has 3 aliphatic rings. The van der Waals surface area contributed by atoms with Gasteiger partial charge in [0.05, 0.1) is 0 Å². The number of rotatable bonds is 2. The number of hydrogen-bond acceptors (Lipinski definition) is 2. The van der Waals surface area contributed by atoms with E-state index in [1.54, 1.807) is 0 Å². The third kappa shape index (κ3) is 2.81. The van der Waals surface area contributed by atoms with Gasteiger partial charge in [0, 0.05) is 24.5 Å². The lowest BCUT2D eigenvalue weighted by Gasteiger charge is -2.34. The van der Waals surface area contributed by atoms with Crippen LogP contribution in [0.1, 0.15) is 64.2 Å². The van der Waals surface area contributed by atoms with Gasteiger partial charge in [-0.25, -0.2) is 0 Å². The van der Waals surface area contributed by atoms with Crippen molar-refractivity contribution in [3.63, 3.8) is 0 Å². The Kier molecular flexibility index (Phi) is 4.11. The summed E-state index contributed by atoms with van der Waals surface area (Å²) in [6.07, 6.45) is 12.1. The van der Waals surface area contributed by atoms with Crippen LogP contribution in [-0.4, -0.2) is 29.4 Å². The SMILES string of the molecule is NC1CCC(C(=O)N2CCCC2C2CCCC2)CC1. The van der Waals surface area contributed by atoms with E-state index in [0.29, 0.717) is 18.0 Å². The zero-order valence-electron chi connectivity index (χ0n) is 12.0. The van der Waals surface area contributed by atoms with Gasteiger partial charge >= 0.3 is 0 Å². The van der Waals surface area contributed by atoms with Gasteiger partial charge in [-0.05, 0) is 57.3 Å². The summed E-state index contributed by atoms with van der Waals surface area (Å²) in [6, 6.07) is 0.916. The van der Waals surface area contributed by atoms with Crippen LogP contribution in [0.15, 0.2) is 0 Å². The number of nitrogens with zero attached hydrogens (tertiary/aromatic N) is 1. The molecule has 1 unspecified atom stereocenters. The molecule has 0 spiro atoms. The third-order valence-electron chi connectivity index (χ3n) is 5.65. The Morgan fingerprint density at radius 2 is 1.58 bits per heavy atom. The normalized spacial score (nSPS) is 36.9. The average Bonchev–Trinajstić information content (AvgIpc) is 3.09. The average molecular weight is 264 g/mol. The first-order valence-electron chi connectivity index (χ1n) is 8.32. The fourth-order valence-corrected chi connectivity index (χ4v) is 4.50. The summed E-state index contributed by atoms with van der Waals surface area (Å²) in [7, 11) is 0. The van der Waals surface area contributed by atoms with E-state index < -0.39 is 0 Å². The maximum atomic E-state index is 12.8. The fourth-order valence-electron chi connectivity index (χ4n) is 4.50. The van der Waals surface area contributed by atoms with Crippen LogP contribution in [-0.2, 0) is 4.79 Å². The van der Waals surface area contributed by atoms with E-state index in [-0.39, 0.29) is 5.92 Å². The molecule has 1 saturated heterocycles. The number of amides is 1. The molecule has 108 valence electrons. The predicted octanol–water partition coefficient (Wildman–Crippen LogP) is 2.69. The van der Waals surface area contributed by atoms with Crippen LogP contribution in [0.5, 0.6) is 0 Å². The smallest absolute Gasteiger partial charge is 0.225 e. The molecule has 0 radical (unpaired) electrons. The van der Waals surface area contributed by atoms with E-state index in [4.69, 9.17) is 5.73 Å². The Morgan fingerprint density at radius 3 is 2.26 bits per heavy atom. The Labute approximate surface area is 116 Å². The summed E-state index contributed by atoms with van der Waals surface area (Å²) in [5.74, 6) is 1.54. The van der Waals surface area contributed by atoms with Crippen molar-refractivity contribution in [2.45, 2.75) is 76.3 Å². The molecule has 1 amide bonds. The highest BCUT2D eigenvalue weighted by atomic mass is 16.2. The lowest BCUT2D eigenvalue weighted by atomic mass is 9.85. The Hall–Kier alpha value is -0.570. The van der Waals surface area contributed by atoms with E-state index in [1.807, 2.05) is 0 Å². The number of likely N-dealkylation sites (tertiary alicyclic amines) is 1. The summed E-state index contributed by atoms with van der Waals surface area (Å²) >= 11 is 0. The van der Waals surface area contributed by atoms with Gasteiger partial charge in [0.2, 0.25) is 5.91 Å². The van der Waals surface area contributed by atoms with E-state index in [9.17, 15) is 4.79 Å². The molecule has 3 rings (SSSR count). The van der Waals surface area contributed by atoms with Crippen molar-refractivity contribution in [1.29, 1.82) is 0 Å². The Bertz CT molecular complexity index is 317. The van der Waals surface area contributed by atoms with E-state index in [0.717, 1.165) is 38.1 Å².